The van der Waals surface area contributed by atoms with E-state index in [0.717, 1.165) is 15.8 Å². The molecule has 2 rings (SSSR count). The van der Waals surface area contributed by atoms with Gasteiger partial charge in [-0.15, -0.1) is 0 Å². The van der Waals surface area contributed by atoms with Crippen molar-refractivity contribution < 1.29 is 14.2 Å². The van der Waals surface area contributed by atoms with E-state index in [1.165, 1.54) is 0 Å². The van der Waals surface area contributed by atoms with Crippen molar-refractivity contribution in [2.24, 2.45) is 0 Å². The molecule has 0 bridgehead atoms. The minimum Gasteiger partial charge on any atom is -0.497 e. The van der Waals surface area contributed by atoms with Gasteiger partial charge in [-0.1, -0.05) is 18.2 Å². The summed E-state index contributed by atoms with van der Waals surface area (Å²) in [7, 11) is 3.28. The predicted molar refractivity (Wildman–Crippen MR) is 78.0 cm³/mol. The largest absolute Gasteiger partial charge is 0.497 e. The first-order chi connectivity index (χ1) is 9.24. The molecule has 0 aliphatic heterocycles. The molecular weight excluding hydrogens is 308 g/mol. The zero-order valence-electron chi connectivity index (χ0n) is 10.9. The fraction of sp³-hybridized carbons (Fsp3) is 0.200. The molecule has 0 spiro atoms. The van der Waals surface area contributed by atoms with Crippen LogP contribution in [0.3, 0.4) is 0 Å². The Bertz CT molecular complexity index is 538. The van der Waals surface area contributed by atoms with Crippen LogP contribution in [0.2, 0.25) is 0 Å². The average molecular weight is 323 g/mol. The van der Waals surface area contributed by atoms with Gasteiger partial charge in [0.2, 0.25) is 0 Å². The average Bonchev–Trinajstić information content (AvgIpc) is 2.46. The number of methoxy groups -OCH3 is 2. The molecule has 0 aliphatic carbocycles. The molecule has 19 heavy (non-hydrogen) atoms. The Morgan fingerprint density at radius 2 is 1.68 bits per heavy atom. The topological polar surface area (TPSA) is 27.7 Å². The molecule has 0 aromatic heterocycles. The van der Waals surface area contributed by atoms with Crippen molar-refractivity contribution >= 4 is 15.9 Å². The van der Waals surface area contributed by atoms with E-state index in [1.54, 1.807) is 14.2 Å². The SMILES string of the molecule is COc1ccc(COc2c(Br)cccc2OC)cc1. The van der Waals surface area contributed by atoms with Gasteiger partial charge < -0.3 is 14.2 Å². The fourth-order valence-corrected chi connectivity index (χ4v) is 2.13. The Hall–Kier alpha value is -1.68. The highest BCUT2D eigenvalue weighted by molar-refractivity contribution is 9.10. The van der Waals surface area contributed by atoms with Gasteiger partial charge in [0.05, 0.1) is 18.7 Å². The summed E-state index contributed by atoms with van der Waals surface area (Å²) < 4.78 is 17.1. The molecule has 0 aliphatic rings. The maximum atomic E-state index is 5.81. The number of hydrogen-bond acceptors (Lipinski definition) is 3. The van der Waals surface area contributed by atoms with Gasteiger partial charge in [0.1, 0.15) is 12.4 Å². The van der Waals surface area contributed by atoms with Gasteiger partial charge >= 0.3 is 0 Å². The van der Waals surface area contributed by atoms with Crippen molar-refractivity contribution in [3.05, 3.63) is 52.5 Å². The third-order valence-corrected chi connectivity index (χ3v) is 3.32. The Kier molecular flexibility index (Phi) is 4.68. The number of ether oxygens (including phenoxy) is 3. The Morgan fingerprint density at radius 3 is 2.32 bits per heavy atom. The molecule has 2 aromatic rings. The molecule has 0 radical (unpaired) electrons. The summed E-state index contributed by atoms with van der Waals surface area (Å²) in [6, 6.07) is 13.5. The highest BCUT2D eigenvalue weighted by Gasteiger charge is 2.08. The van der Waals surface area contributed by atoms with Gasteiger partial charge in [-0.25, -0.2) is 0 Å². The zero-order chi connectivity index (χ0) is 13.7. The molecule has 0 N–H and O–H groups in total. The number of para-hydroxylation sites is 1. The van der Waals surface area contributed by atoms with Crippen molar-refractivity contribution in [3.63, 3.8) is 0 Å². The van der Waals surface area contributed by atoms with Crippen LogP contribution < -0.4 is 14.2 Å². The number of halogens is 1. The molecule has 0 amide bonds. The van der Waals surface area contributed by atoms with E-state index in [0.29, 0.717) is 18.1 Å². The lowest BCUT2D eigenvalue weighted by Crippen LogP contribution is -1.98. The van der Waals surface area contributed by atoms with E-state index >= 15 is 0 Å². The normalized spacial score (nSPS) is 10.1. The van der Waals surface area contributed by atoms with Crippen molar-refractivity contribution in [1.29, 1.82) is 0 Å². The minimum atomic E-state index is 0.475. The molecule has 100 valence electrons. The lowest BCUT2D eigenvalue weighted by molar-refractivity contribution is 0.282. The van der Waals surface area contributed by atoms with Gasteiger partial charge in [0.25, 0.3) is 0 Å². The van der Waals surface area contributed by atoms with Crippen LogP contribution in [0, 0.1) is 0 Å². The lowest BCUT2D eigenvalue weighted by Gasteiger charge is -2.12. The standard InChI is InChI=1S/C15H15BrO3/c1-17-12-8-6-11(7-9-12)10-19-15-13(16)4-3-5-14(15)18-2/h3-9H,10H2,1-2H3. The number of rotatable bonds is 5. The van der Waals surface area contributed by atoms with Crippen LogP contribution in [0.4, 0.5) is 0 Å². The van der Waals surface area contributed by atoms with E-state index < -0.39 is 0 Å². The second kappa shape index (κ2) is 6.48. The summed E-state index contributed by atoms with van der Waals surface area (Å²) in [5.74, 6) is 2.26. The molecule has 0 heterocycles. The Morgan fingerprint density at radius 1 is 0.947 bits per heavy atom. The molecule has 3 nitrogen and oxygen atoms in total. The quantitative estimate of drug-likeness (QED) is 0.831. The maximum absolute atomic E-state index is 5.81. The minimum absolute atomic E-state index is 0.475. The first-order valence-electron chi connectivity index (χ1n) is 5.83. The number of hydrogen-bond donors (Lipinski definition) is 0. The van der Waals surface area contributed by atoms with E-state index in [9.17, 15) is 0 Å². The van der Waals surface area contributed by atoms with Crippen LogP contribution >= 0.6 is 15.9 Å². The molecule has 0 atom stereocenters. The molecule has 0 fully saturated rings. The summed E-state index contributed by atoms with van der Waals surface area (Å²) in [4.78, 5) is 0. The van der Waals surface area contributed by atoms with E-state index in [-0.39, 0.29) is 0 Å². The van der Waals surface area contributed by atoms with Crippen molar-refractivity contribution in [1.82, 2.24) is 0 Å². The van der Waals surface area contributed by atoms with Crippen LogP contribution in [0.5, 0.6) is 17.2 Å². The van der Waals surface area contributed by atoms with Crippen LogP contribution in [-0.2, 0) is 6.61 Å². The third kappa shape index (κ3) is 3.41. The van der Waals surface area contributed by atoms with E-state index in [1.807, 2.05) is 42.5 Å². The van der Waals surface area contributed by atoms with Crippen molar-refractivity contribution in [3.8, 4) is 17.2 Å². The molecule has 0 unspecified atom stereocenters. The third-order valence-electron chi connectivity index (χ3n) is 2.69. The van der Waals surface area contributed by atoms with E-state index in [2.05, 4.69) is 15.9 Å². The van der Waals surface area contributed by atoms with Crippen LogP contribution in [0.15, 0.2) is 46.9 Å². The molecule has 4 heteroatoms. The number of benzene rings is 2. The zero-order valence-corrected chi connectivity index (χ0v) is 12.4. The Labute approximate surface area is 121 Å². The first kappa shape index (κ1) is 13.7. The summed E-state index contributed by atoms with van der Waals surface area (Å²) in [6.07, 6.45) is 0. The second-order valence-corrected chi connectivity index (χ2v) is 4.76. The first-order valence-corrected chi connectivity index (χ1v) is 6.62. The summed E-state index contributed by atoms with van der Waals surface area (Å²) in [5, 5.41) is 0. The molecule has 0 saturated heterocycles. The van der Waals surface area contributed by atoms with Crippen LogP contribution in [-0.4, -0.2) is 14.2 Å². The lowest BCUT2D eigenvalue weighted by atomic mass is 10.2. The summed E-state index contributed by atoms with van der Waals surface area (Å²) >= 11 is 3.46. The van der Waals surface area contributed by atoms with Gasteiger partial charge in [-0.3, -0.25) is 0 Å². The fourth-order valence-electron chi connectivity index (χ4n) is 1.67. The second-order valence-electron chi connectivity index (χ2n) is 3.91. The van der Waals surface area contributed by atoms with Gasteiger partial charge in [-0.05, 0) is 45.8 Å². The summed E-state index contributed by atoms with van der Waals surface area (Å²) in [5.41, 5.74) is 1.07. The van der Waals surface area contributed by atoms with Crippen molar-refractivity contribution in [2.75, 3.05) is 14.2 Å². The van der Waals surface area contributed by atoms with Gasteiger partial charge in [0, 0.05) is 0 Å². The molecule has 2 aromatic carbocycles. The maximum Gasteiger partial charge on any atom is 0.175 e. The van der Waals surface area contributed by atoms with Gasteiger partial charge in [-0.2, -0.15) is 0 Å². The smallest absolute Gasteiger partial charge is 0.175 e. The molecular formula is C15H15BrO3. The predicted octanol–water partition coefficient (Wildman–Crippen LogP) is 4.05. The van der Waals surface area contributed by atoms with Gasteiger partial charge in [0.15, 0.2) is 11.5 Å². The van der Waals surface area contributed by atoms with Crippen LogP contribution in [0.1, 0.15) is 5.56 Å². The summed E-state index contributed by atoms with van der Waals surface area (Å²) in [6.45, 7) is 0.475. The Balaban J connectivity index is 2.09. The highest BCUT2D eigenvalue weighted by Crippen LogP contribution is 2.35. The van der Waals surface area contributed by atoms with Crippen molar-refractivity contribution in [2.45, 2.75) is 6.61 Å². The van der Waals surface area contributed by atoms with Crippen LogP contribution in [0.25, 0.3) is 0 Å². The highest BCUT2D eigenvalue weighted by atomic mass is 79.9. The molecule has 0 saturated carbocycles. The van der Waals surface area contributed by atoms with E-state index in [4.69, 9.17) is 14.2 Å². The monoisotopic (exact) mass is 322 g/mol.